The largest absolute Gasteiger partial charge is 0.331 e. The lowest BCUT2D eigenvalue weighted by atomic mass is 10.1. The highest BCUT2D eigenvalue weighted by Gasteiger charge is 2.33. The van der Waals surface area contributed by atoms with Crippen molar-refractivity contribution < 1.29 is 17.6 Å². The lowest BCUT2D eigenvalue weighted by Crippen LogP contribution is -2.32. The number of hydrogen-bond acceptors (Lipinski definition) is 4. The number of amides is 1. The predicted molar refractivity (Wildman–Crippen MR) is 111 cm³/mol. The molecule has 1 amide bonds. The van der Waals surface area contributed by atoms with Crippen LogP contribution in [0.2, 0.25) is 0 Å². The van der Waals surface area contributed by atoms with Gasteiger partial charge in [0.15, 0.2) is 0 Å². The van der Waals surface area contributed by atoms with Crippen molar-refractivity contribution in [2.75, 3.05) is 4.72 Å². The Morgan fingerprint density at radius 1 is 1.00 bits per heavy atom. The van der Waals surface area contributed by atoms with E-state index in [-0.39, 0.29) is 16.8 Å². The van der Waals surface area contributed by atoms with Crippen molar-refractivity contribution in [1.82, 2.24) is 9.88 Å². The molecule has 30 heavy (non-hydrogen) atoms. The first kappa shape index (κ1) is 20.0. The van der Waals surface area contributed by atoms with Gasteiger partial charge in [-0.05, 0) is 79.1 Å². The maximum Gasteiger partial charge on any atom is 0.261 e. The van der Waals surface area contributed by atoms with Gasteiger partial charge in [0.1, 0.15) is 5.82 Å². The van der Waals surface area contributed by atoms with Gasteiger partial charge < -0.3 is 4.90 Å². The normalized spacial score (nSPS) is 13.6. The average molecular weight is 425 g/mol. The van der Waals surface area contributed by atoms with Gasteiger partial charge in [0.2, 0.25) is 0 Å². The van der Waals surface area contributed by atoms with Gasteiger partial charge in [0.05, 0.1) is 4.90 Å². The van der Waals surface area contributed by atoms with Crippen LogP contribution < -0.4 is 4.72 Å². The Balaban J connectivity index is 1.48. The van der Waals surface area contributed by atoms with Crippen molar-refractivity contribution >= 4 is 21.6 Å². The third kappa shape index (κ3) is 4.65. The van der Waals surface area contributed by atoms with E-state index >= 15 is 0 Å². The number of benzene rings is 2. The molecular formula is C22H20FN3O3S. The van der Waals surface area contributed by atoms with E-state index in [1.54, 1.807) is 36.7 Å². The highest BCUT2D eigenvalue weighted by molar-refractivity contribution is 7.92. The number of pyridine rings is 1. The van der Waals surface area contributed by atoms with E-state index in [0.717, 1.165) is 30.5 Å². The number of nitrogens with zero attached hydrogens (tertiary/aromatic N) is 2. The molecule has 1 saturated carbocycles. The molecule has 0 aliphatic heterocycles. The Hall–Kier alpha value is -3.26. The lowest BCUT2D eigenvalue weighted by Gasteiger charge is -2.22. The predicted octanol–water partition coefficient (Wildman–Crippen LogP) is 3.83. The lowest BCUT2D eigenvalue weighted by molar-refractivity contribution is 0.0730. The van der Waals surface area contributed by atoms with Crippen LogP contribution in [0.3, 0.4) is 0 Å². The number of nitrogens with one attached hydrogen (secondary N) is 1. The minimum atomic E-state index is -3.84. The molecule has 3 aromatic rings. The van der Waals surface area contributed by atoms with Gasteiger partial charge in [-0.25, -0.2) is 12.8 Å². The molecule has 6 nitrogen and oxygen atoms in total. The first-order valence-electron chi connectivity index (χ1n) is 9.51. The molecule has 0 atom stereocenters. The third-order valence-electron chi connectivity index (χ3n) is 4.86. The molecule has 2 aromatic carbocycles. The minimum Gasteiger partial charge on any atom is -0.331 e. The highest BCUT2D eigenvalue weighted by atomic mass is 32.2. The second-order valence-corrected chi connectivity index (χ2v) is 8.84. The summed E-state index contributed by atoms with van der Waals surface area (Å²) in [5, 5.41) is 0. The number of anilines is 1. The molecule has 1 aromatic heterocycles. The monoisotopic (exact) mass is 425 g/mol. The van der Waals surface area contributed by atoms with Crippen LogP contribution in [0, 0.1) is 5.82 Å². The maximum absolute atomic E-state index is 13.0. The van der Waals surface area contributed by atoms with E-state index < -0.39 is 15.8 Å². The molecule has 1 fully saturated rings. The van der Waals surface area contributed by atoms with Crippen LogP contribution >= 0.6 is 0 Å². The summed E-state index contributed by atoms with van der Waals surface area (Å²) in [4.78, 5) is 18.8. The number of hydrogen-bond donors (Lipinski definition) is 1. The molecule has 8 heteroatoms. The van der Waals surface area contributed by atoms with Crippen molar-refractivity contribution in [2.45, 2.75) is 30.3 Å². The molecule has 154 valence electrons. The average Bonchev–Trinajstić information content (AvgIpc) is 3.58. The summed E-state index contributed by atoms with van der Waals surface area (Å²) in [7, 11) is -3.84. The van der Waals surface area contributed by atoms with Gasteiger partial charge >= 0.3 is 0 Å². The number of rotatable bonds is 7. The summed E-state index contributed by atoms with van der Waals surface area (Å²) in [6.45, 7) is 0.505. The smallest absolute Gasteiger partial charge is 0.261 e. The quantitative estimate of drug-likeness (QED) is 0.624. The van der Waals surface area contributed by atoms with E-state index in [2.05, 4.69) is 9.71 Å². The van der Waals surface area contributed by atoms with Crippen LogP contribution in [0.4, 0.5) is 10.1 Å². The second-order valence-electron chi connectivity index (χ2n) is 7.16. The number of aromatic nitrogens is 1. The zero-order valence-corrected chi connectivity index (χ0v) is 16.8. The van der Waals surface area contributed by atoms with Crippen LogP contribution in [0.25, 0.3) is 0 Å². The van der Waals surface area contributed by atoms with Crippen molar-refractivity contribution in [1.29, 1.82) is 0 Å². The number of halogens is 1. The summed E-state index contributed by atoms with van der Waals surface area (Å²) >= 11 is 0. The summed E-state index contributed by atoms with van der Waals surface area (Å²) in [5.74, 6) is -0.606. The fraction of sp³-hybridized carbons (Fsp3) is 0.182. The van der Waals surface area contributed by atoms with E-state index in [0.29, 0.717) is 17.8 Å². The SMILES string of the molecule is O=C(c1ccc(NS(=O)(=O)c2ccc(F)cc2)cc1)N(Cc1ccncc1)C1CC1. The molecule has 0 unspecified atom stereocenters. The van der Waals surface area contributed by atoms with E-state index in [1.165, 1.54) is 12.1 Å². The number of carbonyl (C=O) groups excluding carboxylic acids is 1. The van der Waals surface area contributed by atoms with E-state index in [4.69, 9.17) is 0 Å². The first-order valence-corrected chi connectivity index (χ1v) is 11.0. The van der Waals surface area contributed by atoms with Crippen LogP contribution in [0.1, 0.15) is 28.8 Å². The molecule has 0 radical (unpaired) electrons. The molecular weight excluding hydrogens is 405 g/mol. The Bertz CT molecular complexity index is 1130. The van der Waals surface area contributed by atoms with Gasteiger partial charge in [-0.3, -0.25) is 14.5 Å². The molecule has 1 N–H and O–H groups in total. The molecule has 1 aliphatic rings. The van der Waals surface area contributed by atoms with E-state index in [1.807, 2.05) is 17.0 Å². The van der Waals surface area contributed by atoms with Crippen LogP contribution in [-0.2, 0) is 16.6 Å². The number of carbonyl (C=O) groups is 1. The van der Waals surface area contributed by atoms with Gasteiger partial charge in [-0.1, -0.05) is 0 Å². The fourth-order valence-electron chi connectivity index (χ4n) is 3.11. The second kappa shape index (κ2) is 8.23. The van der Waals surface area contributed by atoms with Gasteiger partial charge in [0, 0.05) is 36.2 Å². The Morgan fingerprint density at radius 3 is 2.23 bits per heavy atom. The topological polar surface area (TPSA) is 79.4 Å². The summed E-state index contributed by atoms with van der Waals surface area (Å²) in [6, 6.07) is 14.9. The molecule has 0 bridgehead atoms. The summed E-state index contributed by atoms with van der Waals surface area (Å²) in [5.41, 5.74) is 1.82. The zero-order valence-electron chi connectivity index (χ0n) is 16.0. The molecule has 0 saturated heterocycles. The summed E-state index contributed by atoms with van der Waals surface area (Å²) in [6.07, 6.45) is 5.36. The zero-order chi connectivity index (χ0) is 21.1. The van der Waals surface area contributed by atoms with Crippen molar-refractivity contribution in [3.05, 3.63) is 90.0 Å². The van der Waals surface area contributed by atoms with Crippen molar-refractivity contribution in [3.8, 4) is 0 Å². The fourth-order valence-corrected chi connectivity index (χ4v) is 4.17. The molecule has 4 rings (SSSR count). The Labute approximate surface area is 174 Å². The summed E-state index contributed by atoms with van der Waals surface area (Å²) < 4.78 is 40.3. The molecule has 0 spiro atoms. The Kier molecular flexibility index (Phi) is 5.50. The maximum atomic E-state index is 13.0. The standard InChI is InChI=1S/C22H20FN3O3S/c23-18-3-9-21(10-4-18)30(28,29)25-19-5-1-17(2-6-19)22(27)26(20-7-8-20)15-16-11-13-24-14-12-16/h1-6,9-14,20,25H,7-8,15H2. The highest BCUT2D eigenvalue weighted by Crippen LogP contribution is 2.30. The first-order chi connectivity index (χ1) is 14.4. The van der Waals surface area contributed by atoms with Crippen molar-refractivity contribution in [3.63, 3.8) is 0 Å². The van der Waals surface area contributed by atoms with Crippen LogP contribution in [0.15, 0.2) is 78.0 Å². The van der Waals surface area contributed by atoms with Gasteiger partial charge in [-0.2, -0.15) is 0 Å². The minimum absolute atomic E-state index is 0.0405. The van der Waals surface area contributed by atoms with Crippen LogP contribution in [0.5, 0.6) is 0 Å². The number of sulfonamides is 1. The third-order valence-corrected chi connectivity index (χ3v) is 6.26. The van der Waals surface area contributed by atoms with Gasteiger partial charge in [0.25, 0.3) is 15.9 Å². The Morgan fingerprint density at radius 2 is 1.63 bits per heavy atom. The molecule has 1 aliphatic carbocycles. The van der Waals surface area contributed by atoms with Crippen molar-refractivity contribution in [2.24, 2.45) is 0 Å². The van der Waals surface area contributed by atoms with Gasteiger partial charge in [-0.15, -0.1) is 0 Å². The molecule has 1 heterocycles. The van der Waals surface area contributed by atoms with E-state index in [9.17, 15) is 17.6 Å². The van der Waals surface area contributed by atoms with Crippen LogP contribution in [-0.4, -0.2) is 30.3 Å².